The molecule has 2 heterocycles. The minimum atomic E-state index is -0.883. The number of benzene rings is 1. The van der Waals surface area contributed by atoms with Crippen molar-refractivity contribution in [1.29, 1.82) is 0 Å². The van der Waals surface area contributed by atoms with Gasteiger partial charge in [-0.3, -0.25) is 9.89 Å². The molecule has 1 aromatic heterocycles. The number of aromatic nitrogens is 2. The number of anilines is 1. The van der Waals surface area contributed by atoms with Crippen molar-refractivity contribution in [3.63, 3.8) is 0 Å². The standard InChI is InChI=1S/C14H14BN3O3/c19-14(17-13-11(6-16-18-13)8-1-2-8)9-3-4-12-10(5-9)7-21-15(12)20/h3-6,8,20H,1-2,7H2,(H2,16,17,18,19). The quantitative estimate of drug-likeness (QED) is 0.726. The second-order valence-electron chi connectivity index (χ2n) is 5.51. The molecule has 2 aliphatic rings. The van der Waals surface area contributed by atoms with E-state index in [9.17, 15) is 9.82 Å². The second-order valence-corrected chi connectivity index (χ2v) is 5.51. The number of fused-ring (bicyclic) bond motifs is 1. The molecule has 0 bridgehead atoms. The molecule has 1 aromatic carbocycles. The number of hydrogen-bond acceptors (Lipinski definition) is 4. The van der Waals surface area contributed by atoms with E-state index in [2.05, 4.69) is 15.5 Å². The highest BCUT2D eigenvalue weighted by atomic mass is 16.5. The Kier molecular flexibility index (Phi) is 2.83. The summed E-state index contributed by atoms with van der Waals surface area (Å²) in [7, 11) is -0.883. The molecule has 4 rings (SSSR count). The van der Waals surface area contributed by atoms with Crippen LogP contribution in [0.2, 0.25) is 0 Å². The highest BCUT2D eigenvalue weighted by Gasteiger charge is 2.29. The first-order chi connectivity index (χ1) is 10.2. The monoisotopic (exact) mass is 283 g/mol. The van der Waals surface area contributed by atoms with E-state index in [1.54, 1.807) is 24.4 Å². The first kappa shape index (κ1) is 12.6. The summed E-state index contributed by atoms with van der Waals surface area (Å²) >= 11 is 0. The van der Waals surface area contributed by atoms with Crippen molar-refractivity contribution in [1.82, 2.24) is 10.2 Å². The van der Waals surface area contributed by atoms with Gasteiger partial charge in [-0.1, -0.05) is 6.07 Å². The maximum absolute atomic E-state index is 12.3. The first-order valence-corrected chi connectivity index (χ1v) is 6.99. The Morgan fingerprint density at radius 2 is 2.33 bits per heavy atom. The Labute approximate surface area is 121 Å². The summed E-state index contributed by atoms with van der Waals surface area (Å²) in [5, 5.41) is 19.3. The van der Waals surface area contributed by atoms with Gasteiger partial charge in [0.25, 0.3) is 5.91 Å². The van der Waals surface area contributed by atoms with Gasteiger partial charge in [0.15, 0.2) is 0 Å². The average molecular weight is 283 g/mol. The molecule has 1 saturated carbocycles. The summed E-state index contributed by atoms with van der Waals surface area (Å²) < 4.78 is 5.13. The molecule has 1 amide bonds. The third-order valence-corrected chi connectivity index (χ3v) is 3.99. The molecular weight excluding hydrogens is 269 g/mol. The molecule has 0 spiro atoms. The van der Waals surface area contributed by atoms with Gasteiger partial charge in [-0.25, -0.2) is 0 Å². The highest BCUT2D eigenvalue weighted by Crippen LogP contribution is 2.42. The van der Waals surface area contributed by atoms with E-state index in [1.807, 2.05) is 0 Å². The van der Waals surface area contributed by atoms with Crippen LogP contribution < -0.4 is 10.8 Å². The molecule has 6 nitrogen and oxygen atoms in total. The zero-order chi connectivity index (χ0) is 14.4. The normalized spacial score (nSPS) is 16.9. The van der Waals surface area contributed by atoms with Gasteiger partial charge in [0.1, 0.15) is 5.82 Å². The fraction of sp³-hybridized carbons (Fsp3) is 0.286. The fourth-order valence-electron chi connectivity index (χ4n) is 2.66. The van der Waals surface area contributed by atoms with Gasteiger partial charge in [0, 0.05) is 11.1 Å². The predicted molar refractivity (Wildman–Crippen MR) is 77.4 cm³/mol. The molecule has 3 N–H and O–H groups in total. The number of nitrogens with zero attached hydrogens (tertiary/aromatic N) is 1. The summed E-state index contributed by atoms with van der Waals surface area (Å²) in [5.41, 5.74) is 3.19. The van der Waals surface area contributed by atoms with Crippen LogP contribution in [0.25, 0.3) is 0 Å². The van der Waals surface area contributed by atoms with Crippen molar-refractivity contribution in [2.75, 3.05) is 5.32 Å². The SMILES string of the molecule is O=C(Nc1[nH]ncc1C1CC1)c1ccc2c(c1)COB2O. The number of hydrogen-bond donors (Lipinski definition) is 3. The third-order valence-electron chi connectivity index (χ3n) is 3.99. The molecule has 1 aliphatic heterocycles. The topological polar surface area (TPSA) is 87.2 Å². The van der Waals surface area contributed by atoms with Crippen molar-refractivity contribution in [3.05, 3.63) is 41.1 Å². The lowest BCUT2D eigenvalue weighted by molar-refractivity contribution is 0.102. The number of aromatic amines is 1. The number of H-pyrrole nitrogens is 1. The number of carbonyl (C=O) groups is 1. The summed E-state index contributed by atoms with van der Waals surface area (Å²) in [6.07, 6.45) is 4.08. The van der Waals surface area contributed by atoms with Gasteiger partial charge in [-0.2, -0.15) is 5.10 Å². The molecule has 1 aliphatic carbocycles. The van der Waals surface area contributed by atoms with Gasteiger partial charge >= 0.3 is 7.12 Å². The molecule has 0 radical (unpaired) electrons. The zero-order valence-corrected chi connectivity index (χ0v) is 11.3. The molecular formula is C14H14BN3O3. The number of nitrogens with one attached hydrogen (secondary N) is 2. The fourth-order valence-corrected chi connectivity index (χ4v) is 2.66. The summed E-state index contributed by atoms with van der Waals surface area (Å²) in [5.74, 6) is 1.01. The number of rotatable bonds is 3. The van der Waals surface area contributed by atoms with E-state index in [-0.39, 0.29) is 5.91 Å². The lowest BCUT2D eigenvalue weighted by Crippen LogP contribution is -2.28. The molecule has 21 heavy (non-hydrogen) atoms. The third kappa shape index (κ3) is 2.24. The van der Waals surface area contributed by atoms with E-state index in [4.69, 9.17) is 4.65 Å². The van der Waals surface area contributed by atoms with Crippen LogP contribution >= 0.6 is 0 Å². The molecule has 0 atom stereocenters. The zero-order valence-electron chi connectivity index (χ0n) is 11.3. The minimum Gasteiger partial charge on any atom is -0.423 e. The second kappa shape index (κ2) is 4.72. The van der Waals surface area contributed by atoms with Crippen LogP contribution in [-0.2, 0) is 11.3 Å². The smallest absolute Gasteiger partial charge is 0.423 e. The van der Waals surface area contributed by atoms with Crippen LogP contribution in [0.1, 0.15) is 40.2 Å². The van der Waals surface area contributed by atoms with Crippen LogP contribution in [0.3, 0.4) is 0 Å². The van der Waals surface area contributed by atoms with Crippen molar-refractivity contribution in [2.45, 2.75) is 25.4 Å². The van der Waals surface area contributed by atoms with E-state index in [0.29, 0.717) is 23.9 Å². The molecule has 106 valence electrons. The maximum atomic E-state index is 12.3. The van der Waals surface area contributed by atoms with Crippen LogP contribution in [0.15, 0.2) is 24.4 Å². The lowest BCUT2D eigenvalue weighted by Gasteiger charge is -2.06. The molecule has 7 heteroatoms. The molecule has 2 aromatic rings. The highest BCUT2D eigenvalue weighted by molar-refractivity contribution is 6.61. The van der Waals surface area contributed by atoms with E-state index >= 15 is 0 Å². The van der Waals surface area contributed by atoms with Crippen molar-refractivity contribution in [2.24, 2.45) is 0 Å². The number of amides is 1. The largest absolute Gasteiger partial charge is 0.491 e. The van der Waals surface area contributed by atoms with Crippen LogP contribution in [0, 0.1) is 0 Å². The van der Waals surface area contributed by atoms with Crippen molar-refractivity contribution < 1.29 is 14.5 Å². The van der Waals surface area contributed by atoms with E-state index in [0.717, 1.165) is 29.4 Å². The van der Waals surface area contributed by atoms with Gasteiger partial charge < -0.3 is 15.0 Å². The number of carbonyl (C=O) groups excluding carboxylic acids is 1. The predicted octanol–water partition coefficient (Wildman–Crippen LogP) is 0.757. The summed E-state index contributed by atoms with van der Waals surface area (Å²) in [4.78, 5) is 12.3. The van der Waals surface area contributed by atoms with Gasteiger partial charge in [-0.05, 0) is 41.9 Å². The Morgan fingerprint density at radius 3 is 3.14 bits per heavy atom. The van der Waals surface area contributed by atoms with Crippen molar-refractivity contribution in [3.8, 4) is 0 Å². The van der Waals surface area contributed by atoms with Crippen LogP contribution in [-0.4, -0.2) is 28.2 Å². The Hall–Kier alpha value is -2.12. The summed E-state index contributed by atoms with van der Waals surface area (Å²) in [6.45, 7) is 0.328. The van der Waals surface area contributed by atoms with Crippen molar-refractivity contribution >= 4 is 24.3 Å². The lowest BCUT2D eigenvalue weighted by atomic mass is 9.79. The van der Waals surface area contributed by atoms with E-state index in [1.165, 1.54) is 0 Å². The van der Waals surface area contributed by atoms with Crippen LogP contribution in [0.5, 0.6) is 0 Å². The Balaban J connectivity index is 1.56. The first-order valence-electron chi connectivity index (χ1n) is 6.99. The van der Waals surface area contributed by atoms with Gasteiger partial charge in [0.05, 0.1) is 12.8 Å². The van der Waals surface area contributed by atoms with Crippen LogP contribution in [0.4, 0.5) is 5.82 Å². The average Bonchev–Trinajstić information content (AvgIpc) is 3.13. The van der Waals surface area contributed by atoms with E-state index < -0.39 is 7.12 Å². The summed E-state index contributed by atoms with van der Waals surface area (Å²) in [6, 6.07) is 5.18. The Morgan fingerprint density at radius 1 is 1.48 bits per heavy atom. The maximum Gasteiger partial charge on any atom is 0.491 e. The molecule has 0 saturated heterocycles. The van der Waals surface area contributed by atoms with Gasteiger partial charge in [0.2, 0.25) is 0 Å². The Bertz CT molecular complexity index is 711. The van der Waals surface area contributed by atoms with Gasteiger partial charge in [-0.15, -0.1) is 0 Å². The minimum absolute atomic E-state index is 0.190. The molecule has 1 fully saturated rings. The molecule has 0 unspecified atom stereocenters.